The minimum atomic E-state index is -2.79. The number of carbonyl (C=O) groups is 1. The van der Waals surface area contributed by atoms with E-state index < -0.39 is 12.3 Å². The van der Waals surface area contributed by atoms with Crippen molar-refractivity contribution in [3.05, 3.63) is 51.8 Å². The highest BCUT2D eigenvalue weighted by Gasteiger charge is 2.26. The molecule has 1 aliphatic carbocycles. The molecule has 0 spiro atoms. The predicted molar refractivity (Wildman–Crippen MR) is 85.3 cm³/mol. The summed E-state index contributed by atoms with van der Waals surface area (Å²) in [6, 6.07) is 5.39. The molecule has 1 aromatic carbocycles. The SMILES string of the molecule is O=C(NC1CCc2cc(-c3noc(C(F)F)n3)ccc21)c1cncs1. The Balaban J connectivity index is 1.54. The lowest BCUT2D eigenvalue weighted by atomic mass is 10.0. The second kappa shape index (κ2) is 6.32. The minimum Gasteiger partial charge on any atom is -0.344 e. The van der Waals surface area contributed by atoms with Gasteiger partial charge in [0.05, 0.1) is 17.7 Å². The standard InChI is InChI=1S/C16H12F2N4O2S/c17-13(18)16-21-14(22-24-16)9-1-3-10-8(5-9)2-4-11(10)20-15(23)12-6-19-7-25-12/h1,3,5-7,11,13H,2,4H2,(H,20,23). The van der Waals surface area contributed by atoms with Gasteiger partial charge in [-0.25, -0.2) is 0 Å². The van der Waals surface area contributed by atoms with Crippen molar-refractivity contribution in [3.63, 3.8) is 0 Å². The molecule has 1 N–H and O–H groups in total. The number of amides is 1. The molecule has 1 atom stereocenters. The zero-order valence-corrected chi connectivity index (χ0v) is 13.6. The molecule has 0 saturated carbocycles. The Morgan fingerprint density at radius 1 is 1.40 bits per heavy atom. The van der Waals surface area contributed by atoms with Crippen molar-refractivity contribution in [1.29, 1.82) is 0 Å². The number of alkyl halides is 2. The van der Waals surface area contributed by atoms with Crippen molar-refractivity contribution in [1.82, 2.24) is 20.4 Å². The molecule has 0 fully saturated rings. The van der Waals surface area contributed by atoms with E-state index in [2.05, 4.69) is 25.0 Å². The summed E-state index contributed by atoms with van der Waals surface area (Å²) in [5.41, 5.74) is 4.28. The molecular formula is C16H12F2N4O2S. The van der Waals surface area contributed by atoms with E-state index in [-0.39, 0.29) is 17.8 Å². The minimum absolute atomic E-state index is 0.0828. The van der Waals surface area contributed by atoms with Crippen molar-refractivity contribution in [2.24, 2.45) is 0 Å². The molecule has 4 rings (SSSR count). The van der Waals surface area contributed by atoms with Crippen LogP contribution < -0.4 is 5.32 Å². The summed E-state index contributed by atoms with van der Waals surface area (Å²) in [6.07, 6.45) is 0.298. The first-order valence-corrected chi connectivity index (χ1v) is 8.44. The maximum Gasteiger partial charge on any atom is 0.315 e. The van der Waals surface area contributed by atoms with Crippen LogP contribution in [-0.2, 0) is 6.42 Å². The fraction of sp³-hybridized carbons (Fsp3) is 0.250. The zero-order chi connectivity index (χ0) is 17.4. The molecule has 0 aliphatic heterocycles. The zero-order valence-electron chi connectivity index (χ0n) is 12.8. The Hall–Kier alpha value is -2.68. The van der Waals surface area contributed by atoms with Gasteiger partial charge in [-0.3, -0.25) is 9.78 Å². The Kier molecular flexibility index (Phi) is 4.00. The topological polar surface area (TPSA) is 80.9 Å². The normalized spacial score (nSPS) is 16.2. The van der Waals surface area contributed by atoms with Gasteiger partial charge in [0, 0.05) is 5.56 Å². The molecule has 0 saturated heterocycles. The van der Waals surface area contributed by atoms with E-state index >= 15 is 0 Å². The number of aryl methyl sites for hydroxylation is 1. The number of hydrogen-bond acceptors (Lipinski definition) is 6. The molecule has 6 nitrogen and oxygen atoms in total. The van der Waals surface area contributed by atoms with Crippen LogP contribution in [0.4, 0.5) is 8.78 Å². The number of carbonyl (C=O) groups excluding carboxylic acids is 1. The molecular weight excluding hydrogens is 350 g/mol. The van der Waals surface area contributed by atoms with Crippen LogP contribution in [0, 0.1) is 0 Å². The maximum absolute atomic E-state index is 12.6. The molecule has 2 aromatic heterocycles. The molecule has 2 heterocycles. The molecule has 1 aliphatic rings. The number of hydrogen-bond donors (Lipinski definition) is 1. The van der Waals surface area contributed by atoms with Crippen LogP contribution in [0.2, 0.25) is 0 Å². The average Bonchev–Trinajstić information content (AvgIpc) is 3.35. The molecule has 128 valence electrons. The largest absolute Gasteiger partial charge is 0.344 e. The fourth-order valence-corrected chi connectivity index (χ4v) is 3.43. The maximum atomic E-state index is 12.6. The summed E-state index contributed by atoms with van der Waals surface area (Å²) in [5.74, 6) is -0.704. The van der Waals surface area contributed by atoms with Crippen molar-refractivity contribution in [3.8, 4) is 11.4 Å². The van der Waals surface area contributed by atoms with Crippen molar-refractivity contribution >= 4 is 17.2 Å². The molecule has 0 radical (unpaired) electrons. The summed E-state index contributed by atoms with van der Waals surface area (Å²) in [5, 5.41) is 6.59. The summed E-state index contributed by atoms with van der Waals surface area (Å²) >= 11 is 1.29. The van der Waals surface area contributed by atoms with Crippen LogP contribution in [0.3, 0.4) is 0 Å². The Morgan fingerprint density at radius 2 is 2.28 bits per heavy atom. The third-order valence-electron chi connectivity index (χ3n) is 4.07. The third-order valence-corrected chi connectivity index (χ3v) is 4.84. The highest BCUT2D eigenvalue weighted by Crippen LogP contribution is 2.34. The van der Waals surface area contributed by atoms with Gasteiger partial charge < -0.3 is 9.84 Å². The van der Waals surface area contributed by atoms with Crippen LogP contribution in [0.5, 0.6) is 0 Å². The second-order valence-corrected chi connectivity index (χ2v) is 6.49. The van der Waals surface area contributed by atoms with Crippen molar-refractivity contribution < 1.29 is 18.1 Å². The van der Waals surface area contributed by atoms with Crippen LogP contribution in [0.25, 0.3) is 11.4 Å². The molecule has 1 amide bonds. The van der Waals surface area contributed by atoms with E-state index in [1.807, 2.05) is 12.1 Å². The van der Waals surface area contributed by atoms with Gasteiger partial charge in [-0.1, -0.05) is 17.3 Å². The Bertz CT molecular complexity index is 911. The van der Waals surface area contributed by atoms with E-state index in [0.717, 1.165) is 24.0 Å². The molecule has 3 aromatic rings. The number of halogens is 2. The lowest BCUT2D eigenvalue weighted by Gasteiger charge is -2.13. The lowest BCUT2D eigenvalue weighted by Crippen LogP contribution is -2.26. The van der Waals surface area contributed by atoms with Crippen LogP contribution in [0.15, 0.2) is 34.4 Å². The van der Waals surface area contributed by atoms with Gasteiger partial charge in [-0.2, -0.15) is 13.8 Å². The van der Waals surface area contributed by atoms with Crippen LogP contribution >= 0.6 is 11.3 Å². The van der Waals surface area contributed by atoms with E-state index in [1.165, 1.54) is 17.5 Å². The highest BCUT2D eigenvalue weighted by molar-refractivity contribution is 7.11. The number of nitrogens with one attached hydrogen (secondary N) is 1. The van der Waals surface area contributed by atoms with Gasteiger partial charge in [0.2, 0.25) is 5.82 Å². The third kappa shape index (κ3) is 3.02. The van der Waals surface area contributed by atoms with Gasteiger partial charge in [-0.05, 0) is 30.0 Å². The van der Waals surface area contributed by atoms with Crippen LogP contribution in [0.1, 0.15) is 45.6 Å². The molecule has 0 bridgehead atoms. The van der Waals surface area contributed by atoms with E-state index in [1.54, 1.807) is 11.6 Å². The smallest absolute Gasteiger partial charge is 0.315 e. The average molecular weight is 362 g/mol. The van der Waals surface area contributed by atoms with Gasteiger partial charge in [-0.15, -0.1) is 11.3 Å². The van der Waals surface area contributed by atoms with Gasteiger partial charge >= 0.3 is 6.43 Å². The molecule has 9 heteroatoms. The van der Waals surface area contributed by atoms with Gasteiger partial charge in [0.25, 0.3) is 11.8 Å². The molecule has 1 unspecified atom stereocenters. The van der Waals surface area contributed by atoms with E-state index in [0.29, 0.717) is 10.4 Å². The summed E-state index contributed by atoms with van der Waals surface area (Å²) in [7, 11) is 0. The number of rotatable bonds is 4. The van der Waals surface area contributed by atoms with E-state index in [9.17, 15) is 13.6 Å². The second-order valence-electron chi connectivity index (χ2n) is 5.60. The highest BCUT2D eigenvalue weighted by atomic mass is 32.1. The predicted octanol–water partition coefficient (Wildman–Crippen LogP) is 3.55. The van der Waals surface area contributed by atoms with Gasteiger partial charge in [0.1, 0.15) is 4.88 Å². The first kappa shape index (κ1) is 15.8. The molecule has 25 heavy (non-hydrogen) atoms. The summed E-state index contributed by atoms with van der Waals surface area (Å²) < 4.78 is 29.7. The fourth-order valence-electron chi connectivity index (χ4n) is 2.90. The number of thiazole rings is 1. The number of benzene rings is 1. The lowest BCUT2D eigenvalue weighted by molar-refractivity contribution is 0.0940. The van der Waals surface area contributed by atoms with Crippen LogP contribution in [-0.4, -0.2) is 21.0 Å². The Labute approximate surface area is 144 Å². The monoisotopic (exact) mass is 362 g/mol. The van der Waals surface area contributed by atoms with Crippen molar-refractivity contribution in [2.75, 3.05) is 0 Å². The first-order chi connectivity index (χ1) is 12.1. The van der Waals surface area contributed by atoms with Gasteiger partial charge in [0.15, 0.2) is 0 Å². The van der Waals surface area contributed by atoms with Crippen molar-refractivity contribution in [2.45, 2.75) is 25.3 Å². The number of fused-ring (bicyclic) bond motifs is 1. The Morgan fingerprint density at radius 3 is 3.00 bits per heavy atom. The summed E-state index contributed by atoms with van der Waals surface area (Å²) in [4.78, 5) is 20.4. The number of aromatic nitrogens is 3. The van der Waals surface area contributed by atoms with E-state index in [4.69, 9.17) is 0 Å². The summed E-state index contributed by atoms with van der Waals surface area (Å²) in [6.45, 7) is 0. The first-order valence-electron chi connectivity index (χ1n) is 7.56. The number of nitrogens with zero attached hydrogens (tertiary/aromatic N) is 3. The quantitative estimate of drug-likeness (QED) is 0.768.